The smallest absolute Gasteiger partial charge is 0.325 e. The van der Waals surface area contributed by atoms with Gasteiger partial charge < -0.3 is 4.90 Å². The topological polar surface area (TPSA) is 44.1 Å². The Balaban J connectivity index is 2.29. The molecule has 0 heterocycles. The van der Waals surface area contributed by atoms with E-state index in [9.17, 15) is 22.4 Å². The van der Waals surface area contributed by atoms with Crippen molar-refractivity contribution in [1.29, 1.82) is 5.26 Å². The van der Waals surface area contributed by atoms with E-state index >= 15 is 0 Å². The van der Waals surface area contributed by atoms with Crippen LogP contribution in [0, 0.1) is 17.1 Å². The highest BCUT2D eigenvalue weighted by molar-refractivity contribution is 5.94. The van der Waals surface area contributed by atoms with Crippen molar-refractivity contribution in [1.82, 2.24) is 4.90 Å². The molecule has 124 valence electrons. The standard InChI is InChI=1S/C17H12F4N2O/c18-15-4-2-1-3-14(15)16(24)23(11-17(19,20)21)10-13-7-5-12(9-22)6-8-13/h1-8H,10-11H2. The van der Waals surface area contributed by atoms with Crippen LogP contribution in [0.5, 0.6) is 0 Å². The van der Waals surface area contributed by atoms with E-state index < -0.39 is 30.0 Å². The maximum Gasteiger partial charge on any atom is 0.406 e. The van der Waals surface area contributed by atoms with Crippen LogP contribution in [0.15, 0.2) is 48.5 Å². The van der Waals surface area contributed by atoms with Gasteiger partial charge in [0.1, 0.15) is 12.4 Å². The number of alkyl halides is 3. The molecule has 0 saturated heterocycles. The van der Waals surface area contributed by atoms with Gasteiger partial charge in [-0.05, 0) is 29.8 Å². The molecule has 0 fully saturated rings. The van der Waals surface area contributed by atoms with E-state index in [0.29, 0.717) is 16.0 Å². The number of benzene rings is 2. The molecule has 0 atom stereocenters. The van der Waals surface area contributed by atoms with Crippen LogP contribution in [-0.4, -0.2) is 23.5 Å². The number of carbonyl (C=O) groups is 1. The van der Waals surface area contributed by atoms with Crippen LogP contribution >= 0.6 is 0 Å². The summed E-state index contributed by atoms with van der Waals surface area (Å²) >= 11 is 0. The van der Waals surface area contributed by atoms with Gasteiger partial charge in [-0.25, -0.2) is 4.39 Å². The van der Waals surface area contributed by atoms with Crippen molar-refractivity contribution in [2.24, 2.45) is 0 Å². The molecule has 3 nitrogen and oxygen atoms in total. The normalized spacial score (nSPS) is 11.0. The van der Waals surface area contributed by atoms with Crippen molar-refractivity contribution in [3.8, 4) is 6.07 Å². The summed E-state index contributed by atoms with van der Waals surface area (Å²) in [6.45, 7) is -1.85. The molecule has 0 aliphatic rings. The summed E-state index contributed by atoms with van der Waals surface area (Å²) in [7, 11) is 0. The molecule has 0 aliphatic heterocycles. The second-order valence-corrected chi connectivity index (χ2v) is 5.06. The predicted molar refractivity (Wildman–Crippen MR) is 78.4 cm³/mol. The van der Waals surface area contributed by atoms with Crippen LogP contribution in [0.2, 0.25) is 0 Å². The summed E-state index contributed by atoms with van der Waals surface area (Å²) in [6.07, 6.45) is -4.62. The summed E-state index contributed by atoms with van der Waals surface area (Å²) in [5.74, 6) is -1.93. The molecule has 0 unspecified atom stereocenters. The molecule has 2 aromatic rings. The summed E-state index contributed by atoms with van der Waals surface area (Å²) in [6, 6.07) is 12.6. The zero-order valence-corrected chi connectivity index (χ0v) is 12.3. The van der Waals surface area contributed by atoms with Gasteiger partial charge in [-0.1, -0.05) is 24.3 Å². The number of carbonyl (C=O) groups excluding carboxylic acids is 1. The summed E-state index contributed by atoms with van der Waals surface area (Å²) < 4.78 is 52.0. The highest BCUT2D eigenvalue weighted by Gasteiger charge is 2.34. The fourth-order valence-electron chi connectivity index (χ4n) is 2.13. The first-order valence-electron chi connectivity index (χ1n) is 6.90. The van der Waals surface area contributed by atoms with Crippen molar-refractivity contribution in [2.75, 3.05) is 6.54 Å². The number of nitrogens with zero attached hydrogens (tertiary/aromatic N) is 2. The molecule has 0 aromatic heterocycles. The number of halogens is 4. The van der Waals surface area contributed by atoms with Crippen molar-refractivity contribution in [3.63, 3.8) is 0 Å². The number of nitriles is 1. The lowest BCUT2D eigenvalue weighted by molar-refractivity contribution is -0.141. The maximum atomic E-state index is 13.7. The van der Waals surface area contributed by atoms with Crippen LogP contribution in [-0.2, 0) is 6.54 Å². The minimum atomic E-state index is -4.62. The van der Waals surface area contributed by atoms with Crippen LogP contribution in [0.3, 0.4) is 0 Å². The van der Waals surface area contributed by atoms with Gasteiger partial charge in [0.25, 0.3) is 5.91 Å². The van der Waals surface area contributed by atoms with Gasteiger partial charge in [-0.3, -0.25) is 4.79 Å². The summed E-state index contributed by atoms with van der Waals surface area (Å²) in [5.41, 5.74) is 0.333. The molecule has 1 amide bonds. The molecule has 7 heteroatoms. The first-order valence-corrected chi connectivity index (χ1v) is 6.90. The van der Waals surface area contributed by atoms with E-state index in [0.717, 1.165) is 12.1 Å². The monoisotopic (exact) mass is 336 g/mol. The lowest BCUT2D eigenvalue weighted by Crippen LogP contribution is -2.38. The predicted octanol–water partition coefficient (Wildman–Crippen LogP) is 3.90. The van der Waals surface area contributed by atoms with Gasteiger partial charge in [-0.15, -0.1) is 0 Å². The maximum absolute atomic E-state index is 13.7. The first-order chi connectivity index (χ1) is 11.3. The van der Waals surface area contributed by atoms with Gasteiger partial charge >= 0.3 is 6.18 Å². The third kappa shape index (κ3) is 4.56. The molecule has 24 heavy (non-hydrogen) atoms. The number of hydrogen-bond acceptors (Lipinski definition) is 2. The Morgan fingerprint density at radius 3 is 2.25 bits per heavy atom. The highest BCUT2D eigenvalue weighted by Crippen LogP contribution is 2.21. The minimum absolute atomic E-state index is 0.349. The van der Waals surface area contributed by atoms with Crippen molar-refractivity contribution >= 4 is 5.91 Å². The Hall–Kier alpha value is -2.88. The van der Waals surface area contributed by atoms with E-state index in [4.69, 9.17) is 5.26 Å². The second-order valence-electron chi connectivity index (χ2n) is 5.06. The van der Waals surface area contributed by atoms with E-state index in [2.05, 4.69) is 0 Å². The van der Waals surface area contributed by atoms with Crippen LogP contribution in [0.4, 0.5) is 17.6 Å². The molecular weight excluding hydrogens is 324 g/mol. The van der Waals surface area contributed by atoms with Gasteiger partial charge in [0.15, 0.2) is 0 Å². The van der Waals surface area contributed by atoms with Crippen LogP contribution < -0.4 is 0 Å². The minimum Gasteiger partial charge on any atom is -0.325 e. The fourth-order valence-corrected chi connectivity index (χ4v) is 2.13. The molecule has 0 N–H and O–H groups in total. The Morgan fingerprint density at radius 2 is 1.71 bits per heavy atom. The van der Waals surface area contributed by atoms with Crippen LogP contribution in [0.1, 0.15) is 21.5 Å². The molecule has 2 rings (SSSR count). The van der Waals surface area contributed by atoms with Gasteiger partial charge in [0, 0.05) is 6.54 Å². The third-order valence-corrected chi connectivity index (χ3v) is 3.22. The highest BCUT2D eigenvalue weighted by atomic mass is 19.4. The average molecular weight is 336 g/mol. The second kappa shape index (κ2) is 7.13. The molecule has 0 spiro atoms. The van der Waals surface area contributed by atoms with Gasteiger partial charge in [-0.2, -0.15) is 18.4 Å². The van der Waals surface area contributed by atoms with Crippen molar-refractivity contribution in [2.45, 2.75) is 12.7 Å². The molecule has 0 saturated carbocycles. The van der Waals surface area contributed by atoms with E-state index in [-0.39, 0.29) is 6.54 Å². The zero-order chi connectivity index (χ0) is 17.7. The van der Waals surface area contributed by atoms with E-state index in [1.807, 2.05) is 6.07 Å². The Bertz CT molecular complexity index is 763. The Morgan fingerprint density at radius 1 is 1.08 bits per heavy atom. The first kappa shape index (κ1) is 17.5. The zero-order valence-electron chi connectivity index (χ0n) is 12.3. The van der Waals surface area contributed by atoms with Crippen molar-refractivity contribution in [3.05, 3.63) is 71.0 Å². The SMILES string of the molecule is N#Cc1ccc(CN(CC(F)(F)F)C(=O)c2ccccc2F)cc1. The summed E-state index contributed by atoms with van der Waals surface area (Å²) in [4.78, 5) is 12.8. The lowest BCUT2D eigenvalue weighted by Gasteiger charge is -2.24. The quantitative estimate of drug-likeness (QED) is 0.795. The van der Waals surface area contributed by atoms with Gasteiger partial charge in [0.2, 0.25) is 0 Å². The molecule has 0 aliphatic carbocycles. The molecular formula is C17H12F4N2O. The molecule has 0 radical (unpaired) electrons. The van der Waals surface area contributed by atoms with E-state index in [1.54, 1.807) is 0 Å². The summed E-state index contributed by atoms with van der Waals surface area (Å²) in [5, 5.41) is 8.73. The Labute approximate surface area is 135 Å². The fraction of sp³-hybridized carbons (Fsp3) is 0.176. The van der Waals surface area contributed by atoms with Crippen LogP contribution in [0.25, 0.3) is 0 Å². The Kier molecular flexibility index (Phi) is 5.19. The van der Waals surface area contributed by atoms with Gasteiger partial charge in [0.05, 0.1) is 17.2 Å². The van der Waals surface area contributed by atoms with Crippen molar-refractivity contribution < 1.29 is 22.4 Å². The molecule has 2 aromatic carbocycles. The van der Waals surface area contributed by atoms with E-state index in [1.165, 1.54) is 36.4 Å². The molecule has 0 bridgehead atoms. The average Bonchev–Trinajstić information content (AvgIpc) is 2.53. The lowest BCUT2D eigenvalue weighted by atomic mass is 10.1. The largest absolute Gasteiger partial charge is 0.406 e. The number of amides is 1. The number of rotatable bonds is 4. The number of hydrogen-bond donors (Lipinski definition) is 0. The third-order valence-electron chi connectivity index (χ3n) is 3.22.